The molecule has 0 aliphatic carbocycles. The molecule has 1 N–H and O–H groups in total. The minimum Gasteiger partial charge on any atom is -0.495 e. The highest BCUT2D eigenvalue weighted by Gasteiger charge is 2.20. The number of benzene rings is 2. The van der Waals surface area contributed by atoms with Gasteiger partial charge in [0.2, 0.25) is 0 Å². The van der Waals surface area contributed by atoms with E-state index >= 15 is 0 Å². The number of fused-ring (bicyclic) bond motifs is 1. The first kappa shape index (κ1) is 12.4. The van der Waals surface area contributed by atoms with Crippen molar-refractivity contribution < 1.29 is 4.74 Å². The lowest BCUT2D eigenvalue weighted by Crippen LogP contribution is -2.30. The third kappa shape index (κ3) is 2.04. The first-order valence-electron chi connectivity index (χ1n) is 6.52. The standard InChI is InChI=1S/C16H15N3O/c1-20-16-5-3-2-4-15(16)19-9-8-18-13-10-12(11-17)6-7-14(13)19/h2-7,10,18H,8-9H2,1H3. The van der Waals surface area contributed by atoms with Gasteiger partial charge in [0, 0.05) is 13.1 Å². The van der Waals surface area contributed by atoms with Crippen molar-refractivity contribution in [1.29, 1.82) is 5.26 Å². The third-order valence-corrected chi connectivity index (χ3v) is 3.44. The van der Waals surface area contributed by atoms with Crippen molar-refractivity contribution in [3.8, 4) is 11.8 Å². The Bertz CT molecular complexity index is 676. The Balaban J connectivity index is 2.08. The predicted molar refractivity (Wildman–Crippen MR) is 79.6 cm³/mol. The smallest absolute Gasteiger partial charge is 0.142 e. The fourth-order valence-electron chi connectivity index (χ4n) is 2.51. The summed E-state index contributed by atoms with van der Waals surface area (Å²) in [6.45, 7) is 1.69. The Morgan fingerprint density at radius 2 is 2.05 bits per heavy atom. The molecular formula is C16H15N3O. The molecule has 0 unspecified atom stereocenters. The maximum absolute atomic E-state index is 8.99. The van der Waals surface area contributed by atoms with Crippen molar-refractivity contribution in [3.05, 3.63) is 48.0 Å². The highest BCUT2D eigenvalue weighted by molar-refractivity contribution is 5.81. The number of nitriles is 1. The van der Waals surface area contributed by atoms with Gasteiger partial charge in [0.05, 0.1) is 35.8 Å². The summed E-state index contributed by atoms with van der Waals surface area (Å²) in [5, 5.41) is 12.3. The molecule has 1 aliphatic rings. The molecule has 3 rings (SSSR count). The molecule has 2 aromatic carbocycles. The molecule has 2 aromatic rings. The number of hydrogen-bond acceptors (Lipinski definition) is 4. The van der Waals surface area contributed by atoms with Crippen LogP contribution >= 0.6 is 0 Å². The van der Waals surface area contributed by atoms with Crippen LogP contribution in [0.15, 0.2) is 42.5 Å². The lowest BCUT2D eigenvalue weighted by molar-refractivity contribution is 0.415. The Morgan fingerprint density at radius 3 is 2.85 bits per heavy atom. The van der Waals surface area contributed by atoms with E-state index in [9.17, 15) is 0 Å². The molecule has 4 nitrogen and oxygen atoms in total. The van der Waals surface area contributed by atoms with Gasteiger partial charge in [-0.15, -0.1) is 0 Å². The van der Waals surface area contributed by atoms with Gasteiger partial charge in [-0.2, -0.15) is 5.26 Å². The number of hydrogen-bond donors (Lipinski definition) is 1. The van der Waals surface area contributed by atoms with Crippen LogP contribution in [0.5, 0.6) is 5.75 Å². The largest absolute Gasteiger partial charge is 0.495 e. The molecule has 20 heavy (non-hydrogen) atoms. The second-order valence-electron chi connectivity index (χ2n) is 4.59. The van der Waals surface area contributed by atoms with Gasteiger partial charge in [-0.25, -0.2) is 0 Å². The predicted octanol–water partition coefficient (Wildman–Crippen LogP) is 3.13. The second kappa shape index (κ2) is 5.14. The molecule has 4 heteroatoms. The van der Waals surface area contributed by atoms with Gasteiger partial charge in [-0.1, -0.05) is 12.1 Å². The average molecular weight is 265 g/mol. The molecule has 1 aliphatic heterocycles. The van der Waals surface area contributed by atoms with Gasteiger partial charge in [0.15, 0.2) is 0 Å². The topological polar surface area (TPSA) is 48.3 Å². The monoisotopic (exact) mass is 265 g/mol. The van der Waals surface area contributed by atoms with Crippen LogP contribution in [-0.2, 0) is 0 Å². The zero-order chi connectivity index (χ0) is 13.9. The zero-order valence-corrected chi connectivity index (χ0v) is 11.3. The summed E-state index contributed by atoms with van der Waals surface area (Å²) in [5.41, 5.74) is 3.77. The minimum atomic E-state index is 0.665. The van der Waals surface area contributed by atoms with Crippen LogP contribution in [0.3, 0.4) is 0 Å². The summed E-state index contributed by atoms with van der Waals surface area (Å²) in [7, 11) is 1.68. The summed E-state index contributed by atoms with van der Waals surface area (Å²) in [5.74, 6) is 0.852. The summed E-state index contributed by atoms with van der Waals surface area (Å²) in [4.78, 5) is 2.21. The van der Waals surface area contributed by atoms with Crippen LogP contribution in [0.4, 0.5) is 17.1 Å². The average Bonchev–Trinajstić information content (AvgIpc) is 2.53. The van der Waals surface area contributed by atoms with Gasteiger partial charge in [-0.05, 0) is 30.3 Å². The van der Waals surface area contributed by atoms with E-state index < -0.39 is 0 Å². The van der Waals surface area contributed by atoms with E-state index in [1.807, 2.05) is 42.5 Å². The molecule has 1 heterocycles. The number of methoxy groups -OCH3 is 1. The van der Waals surface area contributed by atoms with Crippen molar-refractivity contribution >= 4 is 17.1 Å². The molecule has 0 atom stereocenters. The number of nitrogens with one attached hydrogen (secondary N) is 1. The number of rotatable bonds is 2. The molecule has 0 fully saturated rings. The van der Waals surface area contributed by atoms with Crippen molar-refractivity contribution in [2.45, 2.75) is 0 Å². The Kier molecular flexibility index (Phi) is 3.18. The molecule has 0 saturated heterocycles. The van der Waals surface area contributed by atoms with E-state index in [4.69, 9.17) is 10.00 Å². The van der Waals surface area contributed by atoms with Gasteiger partial charge in [0.1, 0.15) is 5.75 Å². The Hall–Kier alpha value is -2.67. The second-order valence-corrected chi connectivity index (χ2v) is 4.59. The van der Waals surface area contributed by atoms with E-state index in [1.54, 1.807) is 7.11 Å². The Morgan fingerprint density at radius 1 is 1.20 bits per heavy atom. The first-order valence-corrected chi connectivity index (χ1v) is 6.52. The molecule has 0 saturated carbocycles. The zero-order valence-electron chi connectivity index (χ0n) is 11.3. The van der Waals surface area contributed by atoms with Crippen LogP contribution in [0.2, 0.25) is 0 Å². The van der Waals surface area contributed by atoms with Gasteiger partial charge < -0.3 is 15.0 Å². The van der Waals surface area contributed by atoms with Crippen molar-refractivity contribution in [1.82, 2.24) is 0 Å². The third-order valence-electron chi connectivity index (χ3n) is 3.44. The first-order chi connectivity index (χ1) is 9.83. The maximum atomic E-state index is 8.99. The Labute approximate surface area is 118 Å². The number of ether oxygens (including phenoxy) is 1. The van der Waals surface area contributed by atoms with Crippen molar-refractivity contribution in [2.75, 3.05) is 30.4 Å². The number of para-hydroxylation sites is 2. The number of nitrogens with zero attached hydrogens (tertiary/aromatic N) is 2. The van der Waals surface area contributed by atoms with Crippen LogP contribution < -0.4 is 15.0 Å². The minimum absolute atomic E-state index is 0.665. The molecular weight excluding hydrogens is 250 g/mol. The summed E-state index contributed by atoms with van der Waals surface area (Å²) in [6.07, 6.45) is 0. The molecule has 0 aromatic heterocycles. The molecule has 0 bridgehead atoms. The van der Waals surface area contributed by atoms with Crippen LogP contribution in [0.1, 0.15) is 5.56 Å². The van der Waals surface area contributed by atoms with E-state index in [0.717, 1.165) is 35.9 Å². The highest BCUT2D eigenvalue weighted by Crippen LogP contribution is 2.39. The van der Waals surface area contributed by atoms with E-state index in [-0.39, 0.29) is 0 Å². The molecule has 0 amide bonds. The SMILES string of the molecule is COc1ccccc1N1CCNc2cc(C#N)ccc21. The summed E-state index contributed by atoms with van der Waals surface area (Å²) < 4.78 is 5.44. The number of anilines is 3. The molecule has 0 spiro atoms. The van der Waals surface area contributed by atoms with E-state index in [0.29, 0.717) is 5.56 Å². The van der Waals surface area contributed by atoms with Gasteiger partial charge >= 0.3 is 0 Å². The molecule has 0 radical (unpaired) electrons. The summed E-state index contributed by atoms with van der Waals surface area (Å²) >= 11 is 0. The fourth-order valence-corrected chi connectivity index (χ4v) is 2.51. The van der Waals surface area contributed by atoms with Crippen LogP contribution in [0.25, 0.3) is 0 Å². The van der Waals surface area contributed by atoms with Crippen LogP contribution in [-0.4, -0.2) is 20.2 Å². The van der Waals surface area contributed by atoms with Crippen LogP contribution in [0, 0.1) is 11.3 Å². The fraction of sp³-hybridized carbons (Fsp3) is 0.188. The highest BCUT2D eigenvalue weighted by atomic mass is 16.5. The lowest BCUT2D eigenvalue weighted by atomic mass is 10.1. The van der Waals surface area contributed by atoms with E-state index in [2.05, 4.69) is 16.3 Å². The van der Waals surface area contributed by atoms with Crippen molar-refractivity contribution in [3.63, 3.8) is 0 Å². The van der Waals surface area contributed by atoms with E-state index in [1.165, 1.54) is 0 Å². The molecule has 100 valence electrons. The normalized spacial score (nSPS) is 13.1. The quantitative estimate of drug-likeness (QED) is 0.906. The van der Waals surface area contributed by atoms with Crippen molar-refractivity contribution in [2.24, 2.45) is 0 Å². The van der Waals surface area contributed by atoms with Gasteiger partial charge in [0.25, 0.3) is 0 Å². The maximum Gasteiger partial charge on any atom is 0.142 e. The lowest BCUT2D eigenvalue weighted by Gasteiger charge is -2.33. The van der Waals surface area contributed by atoms with Gasteiger partial charge in [-0.3, -0.25) is 0 Å². The summed E-state index contributed by atoms with van der Waals surface area (Å²) in [6, 6.07) is 15.8.